The molecule has 8 aliphatic rings. The predicted molar refractivity (Wildman–Crippen MR) is 228 cm³/mol. The number of benzene rings is 1. The van der Waals surface area contributed by atoms with E-state index in [-0.39, 0.29) is 47.8 Å². The molecule has 2 heterocycles. The number of anilines is 1. The molecule has 6 aliphatic carbocycles. The highest BCUT2D eigenvalue weighted by molar-refractivity contribution is 14.1. The maximum absolute atomic E-state index is 14.2. The Morgan fingerprint density at radius 1 is 0.758 bits per heavy atom. The molecule has 1 aromatic carbocycles. The van der Waals surface area contributed by atoms with Crippen LogP contribution in [0, 0.1) is 55.8 Å². The second-order valence-electron chi connectivity index (χ2n) is 19.2. The van der Waals surface area contributed by atoms with Gasteiger partial charge in [-0.15, -0.1) is 0 Å². The number of fused-ring (bicyclic) bond motifs is 3. The molecule has 9 rings (SSSR count). The number of carbonyl (C=O) groups is 9. The Kier molecular flexibility index (Phi) is 10.8. The molecule has 2 aliphatic heterocycles. The summed E-state index contributed by atoms with van der Waals surface area (Å²) in [6.07, 6.45) is 1.48. The molecule has 8 N–H and O–H groups in total. The summed E-state index contributed by atoms with van der Waals surface area (Å²) in [5.74, 6) is -4.27. The Bertz CT molecular complexity index is 2170. The van der Waals surface area contributed by atoms with Gasteiger partial charge in [0.05, 0.1) is 18.1 Å². The maximum atomic E-state index is 14.2. The molecule has 0 aromatic heterocycles. The van der Waals surface area contributed by atoms with Crippen LogP contribution >= 0.6 is 22.6 Å². The average Bonchev–Trinajstić information content (AvgIpc) is 3.77. The minimum absolute atomic E-state index is 0.0384. The van der Waals surface area contributed by atoms with Gasteiger partial charge in [-0.2, -0.15) is 0 Å². The number of rotatable bonds is 15. The number of amides is 8. The second kappa shape index (κ2) is 15.3. The number of ketones is 1. The van der Waals surface area contributed by atoms with Gasteiger partial charge < -0.3 is 47.2 Å². The number of halogens is 1. The number of nitrogens with zero attached hydrogens (tertiary/aromatic N) is 1. The topological polar surface area (TPSA) is 261 Å². The summed E-state index contributed by atoms with van der Waals surface area (Å²) in [5.41, 5.74) is -2.47. The molecule has 8 amide bonds. The molecule has 8 fully saturated rings. The van der Waals surface area contributed by atoms with Crippen LogP contribution in [0.1, 0.15) is 67.7 Å². The molecular weight excluding hydrogens is 915 g/mol. The minimum atomic E-state index is -1.54. The van der Waals surface area contributed by atoms with Crippen molar-refractivity contribution in [3.8, 4) is 0 Å². The van der Waals surface area contributed by atoms with Gasteiger partial charge in [0.2, 0.25) is 47.3 Å². The lowest BCUT2D eigenvalue weighted by Crippen LogP contribution is -2.85. The Morgan fingerprint density at radius 3 is 1.92 bits per heavy atom. The smallest absolute Gasteiger partial charge is 0.246 e. The molecule has 16 unspecified atom stereocenters. The first-order chi connectivity index (χ1) is 29.1. The summed E-state index contributed by atoms with van der Waals surface area (Å²) < 4.78 is 0.989. The zero-order valence-electron chi connectivity index (χ0n) is 35.7. The van der Waals surface area contributed by atoms with E-state index in [1.54, 1.807) is 12.1 Å². The van der Waals surface area contributed by atoms with Gasteiger partial charge in [-0.05, 0) is 144 Å². The lowest BCUT2D eigenvalue weighted by atomic mass is 9.29. The van der Waals surface area contributed by atoms with E-state index in [0.717, 1.165) is 9.99 Å². The molecule has 0 radical (unpaired) electrons. The molecule has 2 saturated heterocycles. The highest BCUT2D eigenvalue weighted by Crippen LogP contribution is 2.95. The van der Waals surface area contributed by atoms with Crippen molar-refractivity contribution in [2.45, 2.75) is 116 Å². The highest BCUT2D eigenvalue weighted by atomic mass is 127. The zero-order valence-corrected chi connectivity index (χ0v) is 37.8. The van der Waals surface area contributed by atoms with Gasteiger partial charge in [-0.3, -0.25) is 43.2 Å². The fourth-order valence-electron chi connectivity index (χ4n) is 13.3. The summed E-state index contributed by atoms with van der Waals surface area (Å²) in [4.78, 5) is 121. The number of nitrogens with one attached hydrogen (secondary N) is 7. The number of hydrogen-bond acceptors (Lipinski definition) is 10. The molecule has 2 spiro atoms. The summed E-state index contributed by atoms with van der Waals surface area (Å²) in [6, 6.07) is 1.22. The van der Waals surface area contributed by atoms with Crippen LogP contribution in [0.3, 0.4) is 0 Å². The number of aliphatic hydroxyl groups is 1. The van der Waals surface area contributed by atoms with Gasteiger partial charge >= 0.3 is 0 Å². The molecule has 334 valence electrons. The average molecular weight is 971 g/mol. The standard InChI is InChI=1S/C43H55IN8O10/c1-16(45-27(53)15-52-26-13-12-25(39(52)61)42-30-23-14-24-29(28(23)32(42)54)33(55)43(26,42)31(24)30)34(56)46-17(2)35(57)48-20(5)38(60)51-41(6,7)40(62)49-19(4)36(58)47-18(3)37(59)50-22-10-8-21(44)9-11-22/h8-11,16-20,23-26,28-32,54H,12-15H2,1-7H3,(H,45,53)(H,46,56)(H,47,58)(H,48,57)(H,49,62)(H,50,59)(H,51,60). The number of Topliss-reactive ketones (excluding diaryl/α,β-unsaturated/α-hetero) is 1. The fraction of sp³-hybridized carbons (Fsp3) is 0.651. The summed E-state index contributed by atoms with van der Waals surface area (Å²) in [7, 11) is 0. The van der Waals surface area contributed by atoms with E-state index >= 15 is 0 Å². The van der Waals surface area contributed by atoms with Crippen molar-refractivity contribution in [2.24, 2.45) is 52.3 Å². The first kappa shape index (κ1) is 44.0. The fourth-order valence-corrected chi connectivity index (χ4v) is 13.7. The van der Waals surface area contributed by atoms with Crippen molar-refractivity contribution in [1.29, 1.82) is 0 Å². The lowest BCUT2D eigenvalue weighted by Gasteiger charge is -2.76. The third kappa shape index (κ3) is 6.20. The first-order valence-corrected chi connectivity index (χ1v) is 22.6. The van der Waals surface area contributed by atoms with E-state index in [1.807, 2.05) is 12.1 Å². The van der Waals surface area contributed by atoms with Gasteiger partial charge in [0.25, 0.3) is 0 Å². The van der Waals surface area contributed by atoms with Crippen LogP contribution in [0.25, 0.3) is 0 Å². The second-order valence-corrected chi connectivity index (χ2v) is 20.5. The maximum Gasteiger partial charge on any atom is 0.246 e. The molecule has 4 bridgehead atoms. The molecule has 1 aromatic rings. The van der Waals surface area contributed by atoms with Crippen LogP contribution in [0.5, 0.6) is 0 Å². The molecule has 19 heteroatoms. The van der Waals surface area contributed by atoms with Crippen LogP contribution in [0.2, 0.25) is 0 Å². The van der Waals surface area contributed by atoms with Gasteiger partial charge in [0.1, 0.15) is 41.5 Å². The van der Waals surface area contributed by atoms with E-state index in [0.29, 0.717) is 24.4 Å². The van der Waals surface area contributed by atoms with Crippen molar-refractivity contribution in [2.75, 3.05) is 11.9 Å². The summed E-state index contributed by atoms with van der Waals surface area (Å²) in [5, 5.41) is 29.7. The monoisotopic (exact) mass is 970 g/mol. The predicted octanol–water partition coefficient (Wildman–Crippen LogP) is -0.673. The van der Waals surface area contributed by atoms with Gasteiger partial charge in [-0.25, -0.2) is 0 Å². The number of aliphatic hydroxyl groups excluding tert-OH is 1. The van der Waals surface area contributed by atoms with E-state index in [1.165, 1.54) is 53.4 Å². The van der Waals surface area contributed by atoms with Gasteiger partial charge in [0.15, 0.2) is 0 Å². The number of piperidine rings is 2. The molecule has 16 atom stereocenters. The van der Waals surface area contributed by atoms with E-state index < -0.39 is 106 Å². The normalized spacial score (nSPS) is 34.9. The Hall–Kier alpha value is -4.66. The van der Waals surface area contributed by atoms with Crippen LogP contribution in [0.15, 0.2) is 24.3 Å². The molecule has 18 nitrogen and oxygen atoms in total. The van der Waals surface area contributed by atoms with E-state index in [4.69, 9.17) is 0 Å². The van der Waals surface area contributed by atoms with Crippen molar-refractivity contribution < 1.29 is 48.3 Å². The largest absolute Gasteiger partial charge is 0.392 e. The Balaban J connectivity index is 0.775. The quantitative estimate of drug-likeness (QED) is 0.103. The summed E-state index contributed by atoms with van der Waals surface area (Å²) in [6.45, 7) is 9.63. The van der Waals surface area contributed by atoms with Crippen LogP contribution in [-0.4, -0.2) is 117 Å². The van der Waals surface area contributed by atoms with E-state index in [2.05, 4.69) is 59.8 Å². The summed E-state index contributed by atoms with van der Waals surface area (Å²) >= 11 is 2.14. The van der Waals surface area contributed by atoms with Crippen molar-refractivity contribution >= 4 is 81.3 Å². The number of carbonyl (C=O) groups excluding carboxylic acids is 9. The Labute approximate surface area is 372 Å². The lowest BCUT2D eigenvalue weighted by molar-refractivity contribution is -0.297. The van der Waals surface area contributed by atoms with Crippen molar-refractivity contribution in [1.82, 2.24) is 36.8 Å². The van der Waals surface area contributed by atoms with Crippen LogP contribution in [0.4, 0.5) is 5.69 Å². The minimum Gasteiger partial charge on any atom is -0.392 e. The van der Waals surface area contributed by atoms with Crippen LogP contribution in [-0.2, 0) is 43.2 Å². The van der Waals surface area contributed by atoms with E-state index in [9.17, 15) is 48.3 Å². The zero-order chi connectivity index (χ0) is 45.1. The molecule has 6 saturated carbocycles. The van der Waals surface area contributed by atoms with Crippen molar-refractivity contribution in [3.05, 3.63) is 27.8 Å². The van der Waals surface area contributed by atoms with Crippen molar-refractivity contribution in [3.63, 3.8) is 0 Å². The first-order valence-electron chi connectivity index (χ1n) is 21.5. The SMILES string of the molecule is CC(NC(=O)CN1C(=O)C2CCC1C13C(=O)C4C5CC6C4C(O)C21C6C53)C(=O)NC(C)C(=O)NC(C)C(=O)NC(C)(C)C(=O)NC(C)C(=O)NC(C)C(=O)Nc1ccc(I)cc1. The third-order valence-electron chi connectivity index (χ3n) is 15.6. The number of hydrogen-bond donors (Lipinski definition) is 8. The highest BCUT2D eigenvalue weighted by Gasteiger charge is 3.00. The van der Waals surface area contributed by atoms with Crippen LogP contribution < -0.4 is 37.2 Å². The molecule has 62 heavy (non-hydrogen) atoms. The molecular formula is C43H55IN8O10. The van der Waals surface area contributed by atoms with Gasteiger partial charge in [-0.1, -0.05) is 0 Å². The Morgan fingerprint density at radius 2 is 1.31 bits per heavy atom. The third-order valence-corrected chi connectivity index (χ3v) is 16.3. The van der Waals surface area contributed by atoms with Gasteiger partial charge in [0, 0.05) is 32.6 Å².